The van der Waals surface area contributed by atoms with Crippen molar-refractivity contribution in [3.63, 3.8) is 0 Å². The maximum Gasteiger partial charge on any atom is 0.267 e. The van der Waals surface area contributed by atoms with Crippen molar-refractivity contribution in [3.8, 4) is 0 Å². The Morgan fingerprint density at radius 2 is 2.00 bits per heavy atom. The van der Waals surface area contributed by atoms with Crippen LogP contribution in [0.25, 0.3) is 0 Å². The molecule has 1 saturated carbocycles. The molecule has 140 valence electrons. The fourth-order valence-electron chi connectivity index (χ4n) is 3.62. The number of amides is 1. The van der Waals surface area contributed by atoms with Crippen molar-refractivity contribution in [2.45, 2.75) is 44.0 Å². The molecule has 0 bridgehead atoms. The van der Waals surface area contributed by atoms with Crippen LogP contribution in [0.3, 0.4) is 0 Å². The van der Waals surface area contributed by atoms with Crippen LogP contribution >= 0.6 is 11.8 Å². The molecule has 1 saturated heterocycles. The highest BCUT2D eigenvalue weighted by Crippen LogP contribution is 2.29. The molecule has 0 spiro atoms. The number of hydrogen-bond acceptors (Lipinski definition) is 4. The average Bonchev–Trinajstić information content (AvgIpc) is 3.11. The molecule has 1 aliphatic carbocycles. The summed E-state index contributed by atoms with van der Waals surface area (Å²) in [4.78, 5) is 15.5. The Bertz CT molecular complexity index is 710. The molecule has 2 N–H and O–H groups in total. The van der Waals surface area contributed by atoms with Gasteiger partial charge in [-0.3, -0.25) is 4.79 Å². The fraction of sp³-hybridized carbons (Fsp3) is 0.706. The molecule has 1 amide bonds. The highest BCUT2D eigenvalue weighted by Gasteiger charge is 2.30. The molecule has 2 fully saturated rings. The van der Waals surface area contributed by atoms with Gasteiger partial charge in [-0.15, -0.1) is 0 Å². The Hall–Kier alpha value is -0.990. The van der Waals surface area contributed by atoms with Gasteiger partial charge in [0.05, 0.1) is 0 Å². The lowest BCUT2D eigenvalue weighted by molar-refractivity contribution is 0.0886. The van der Waals surface area contributed by atoms with Gasteiger partial charge >= 0.3 is 0 Å². The van der Waals surface area contributed by atoms with Crippen molar-refractivity contribution in [2.24, 2.45) is 11.8 Å². The fourth-order valence-corrected chi connectivity index (χ4v) is 6.19. The number of H-pyrrole nitrogens is 1. The minimum atomic E-state index is -3.52. The van der Waals surface area contributed by atoms with E-state index in [0.717, 1.165) is 24.3 Å². The van der Waals surface area contributed by atoms with Gasteiger partial charge < -0.3 is 10.3 Å². The molecule has 8 heteroatoms. The molecule has 0 radical (unpaired) electrons. The Morgan fingerprint density at radius 1 is 1.28 bits per heavy atom. The van der Waals surface area contributed by atoms with Crippen molar-refractivity contribution >= 4 is 27.7 Å². The number of thioether (sulfide) groups is 1. The first-order valence-electron chi connectivity index (χ1n) is 8.97. The van der Waals surface area contributed by atoms with Crippen LogP contribution in [0.4, 0.5) is 0 Å². The number of carbonyl (C=O) groups excluding carboxylic acids is 1. The van der Waals surface area contributed by atoms with Crippen molar-refractivity contribution in [1.29, 1.82) is 0 Å². The molecule has 0 aromatic carbocycles. The smallest absolute Gasteiger partial charge is 0.267 e. The van der Waals surface area contributed by atoms with Crippen LogP contribution in [-0.4, -0.2) is 54.3 Å². The van der Waals surface area contributed by atoms with Crippen molar-refractivity contribution in [2.75, 3.05) is 24.6 Å². The van der Waals surface area contributed by atoms with Gasteiger partial charge in [0.25, 0.3) is 5.91 Å². The van der Waals surface area contributed by atoms with Gasteiger partial charge in [-0.05, 0) is 24.3 Å². The third kappa shape index (κ3) is 4.06. The summed E-state index contributed by atoms with van der Waals surface area (Å²) in [6.07, 6.45) is 4.73. The van der Waals surface area contributed by atoms with Gasteiger partial charge in [-0.25, -0.2) is 8.42 Å². The topological polar surface area (TPSA) is 82.3 Å². The van der Waals surface area contributed by atoms with E-state index in [1.165, 1.54) is 23.0 Å². The van der Waals surface area contributed by atoms with Crippen LogP contribution in [0.2, 0.25) is 0 Å². The first-order chi connectivity index (χ1) is 11.9. The highest BCUT2D eigenvalue weighted by atomic mass is 32.2. The number of hydrogen-bond donors (Lipinski definition) is 2. The number of sulfonamides is 1. The zero-order valence-corrected chi connectivity index (χ0v) is 16.5. The third-order valence-corrected chi connectivity index (χ3v) is 8.35. The average molecular weight is 386 g/mol. The molecule has 3 unspecified atom stereocenters. The van der Waals surface area contributed by atoms with E-state index in [0.29, 0.717) is 30.6 Å². The lowest BCUT2D eigenvalue weighted by atomic mass is 9.78. The number of carbonyl (C=O) groups is 1. The summed E-state index contributed by atoms with van der Waals surface area (Å²) in [7, 11) is -3.52. The lowest BCUT2D eigenvalue weighted by Crippen LogP contribution is -2.43. The van der Waals surface area contributed by atoms with Crippen LogP contribution in [0.15, 0.2) is 17.2 Å². The van der Waals surface area contributed by atoms with Gasteiger partial charge in [0.15, 0.2) is 0 Å². The number of aromatic nitrogens is 1. The second kappa shape index (κ2) is 7.72. The Kier molecular flexibility index (Phi) is 5.80. The standard InChI is InChI=1S/C17H27N3O3S2/c1-12-4-3-5-15(13(12)2)19-17(21)16-10-14(11-18-16)25(22,23)20-6-8-24-9-7-20/h10-13,15,18H,3-9H2,1-2H3,(H,19,21). The largest absolute Gasteiger partial charge is 0.356 e. The summed E-state index contributed by atoms with van der Waals surface area (Å²) in [6.45, 7) is 5.45. The predicted molar refractivity (Wildman–Crippen MR) is 100 cm³/mol. The van der Waals surface area contributed by atoms with Crippen LogP contribution in [0.5, 0.6) is 0 Å². The molecule has 1 aliphatic heterocycles. The zero-order valence-electron chi connectivity index (χ0n) is 14.8. The Labute approximate surface area is 154 Å². The normalized spacial score (nSPS) is 28.6. The molecule has 6 nitrogen and oxygen atoms in total. The first kappa shape index (κ1) is 18.8. The van der Waals surface area contributed by atoms with Gasteiger partial charge in [-0.1, -0.05) is 26.7 Å². The van der Waals surface area contributed by atoms with Crippen LogP contribution < -0.4 is 5.32 Å². The number of nitrogens with zero attached hydrogens (tertiary/aromatic N) is 1. The monoisotopic (exact) mass is 385 g/mol. The van der Waals surface area contributed by atoms with Gasteiger partial charge in [-0.2, -0.15) is 16.1 Å². The van der Waals surface area contributed by atoms with Gasteiger partial charge in [0, 0.05) is 36.8 Å². The molecular formula is C17H27N3O3S2. The van der Waals surface area contributed by atoms with E-state index < -0.39 is 10.0 Å². The second-order valence-electron chi connectivity index (χ2n) is 7.11. The molecule has 1 aromatic heterocycles. The van der Waals surface area contributed by atoms with E-state index in [2.05, 4.69) is 24.1 Å². The van der Waals surface area contributed by atoms with E-state index in [1.807, 2.05) is 0 Å². The van der Waals surface area contributed by atoms with Crippen LogP contribution in [0.1, 0.15) is 43.6 Å². The van der Waals surface area contributed by atoms with Crippen LogP contribution in [0, 0.1) is 11.8 Å². The van der Waals surface area contributed by atoms with E-state index in [9.17, 15) is 13.2 Å². The Morgan fingerprint density at radius 3 is 2.72 bits per heavy atom. The minimum absolute atomic E-state index is 0.152. The number of aromatic amines is 1. The summed E-state index contributed by atoms with van der Waals surface area (Å²) in [5.41, 5.74) is 0.315. The van der Waals surface area contributed by atoms with Crippen molar-refractivity contribution < 1.29 is 13.2 Å². The summed E-state index contributed by atoms with van der Waals surface area (Å²) in [6, 6.07) is 1.61. The zero-order chi connectivity index (χ0) is 18.0. The number of rotatable bonds is 4. The van der Waals surface area contributed by atoms with Crippen LogP contribution in [-0.2, 0) is 10.0 Å². The quantitative estimate of drug-likeness (QED) is 0.833. The van der Waals surface area contributed by atoms with E-state index >= 15 is 0 Å². The van der Waals surface area contributed by atoms with Crippen molar-refractivity contribution in [3.05, 3.63) is 18.0 Å². The summed E-state index contributed by atoms with van der Waals surface area (Å²) in [5, 5.41) is 3.08. The minimum Gasteiger partial charge on any atom is -0.356 e. The van der Waals surface area contributed by atoms with E-state index in [-0.39, 0.29) is 16.8 Å². The molecule has 25 heavy (non-hydrogen) atoms. The van der Waals surface area contributed by atoms with Gasteiger partial charge in [0.1, 0.15) is 10.6 Å². The number of nitrogens with one attached hydrogen (secondary N) is 2. The molecule has 3 rings (SSSR count). The molecular weight excluding hydrogens is 358 g/mol. The lowest BCUT2D eigenvalue weighted by Gasteiger charge is -2.34. The first-order valence-corrected chi connectivity index (χ1v) is 11.6. The third-order valence-electron chi connectivity index (χ3n) is 5.53. The van der Waals surface area contributed by atoms with E-state index in [1.54, 1.807) is 11.8 Å². The maximum atomic E-state index is 12.7. The molecule has 2 aliphatic rings. The van der Waals surface area contributed by atoms with E-state index in [4.69, 9.17) is 0 Å². The Balaban J connectivity index is 1.69. The highest BCUT2D eigenvalue weighted by molar-refractivity contribution is 7.99. The molecule has 2 heterocycles. The summed E-state index contributed by atoms with van der Waals surface area (Å²) in [5.74, 6) is 2.43. The van der Waals surface area contributed by atoms with Gasteiger partial charge in [0.2, 0.25) is 10.0 Å². The summed E-state index contributed by atoms with van der Waals surface area (Å²) >= 11 is 1.76. The second-order valence-corrected chi connectivity index (χ2v) is 10.3. The van der Waals surface area contributed by atoms with Crippen molar-refractivity contribution in [1.82, 2.24) is 14.6 Å². The predicted octanol–water partition coefficient (Wildman–Crippen LogP) is 2.31. The maximum absolute atomic E-state index is 12.7. The SMILES string of the molecule is CC1CCCC(NC(=O)c2cc(S(=O)(=O)N3CCSCC3)c[nH]2)C1C. The molecule has 3 atom stereocenters. The summed E-state index contributed by atoms with van der Waals surface area (Å²) < 4.78 is 26.8. The molecule has 1 aromatic rings.